The van der Waals surface area contributed by atoms with Gasteiger partial charge in [0.05, 0.1) is 5.41 Å². The summed E-state index contributed by atoms with van der Waals surface area (Å²) in [6.45, 7) is 4.80. The molecule has 0 rings (SSSR count). The highest BCUT2D eigenvalue weighted by molar-refractivity contribution is 5.75. The van der Waals surface area contributed by atoms with Crippen LogP contribution in [0.5, 0.6) is 0 Å². The van der Waals surface area contributed by atoms with Crippen LogP contribution in [-0.4, -0.2) is 30.4 Å². The van der Waals surface area contributed by atoms with Gasteiger partial charge in [-0.25, -0.2) is 0 Å². The fourth-order valence-corrected chi connectivity index (χ4v) is 0.456. The van der Waals surface area contributed by atoms with Gasteiger partial charge in [0.25, 0.3) is 6.47 Å². The lowest BCUT2D eigenvalue weighted by Gasteiger charge is -2.19. The molecule has 0 aromatic heterocycles. The van der Waals surface area contributed by atoms with Crippen LogP contribution in [0.25, 0.3) is 0 Å². The summed E-state index contributed by atoms with van der Waals surface area (Å²) in [6, 6.07) is 0. The number of hydrogen-bond acceptors (Lipinski definition) is 5. The molecule has 0 aromatic rings. The van der Waals surface area contributed by atoms with Crippen LogP contribution in [0.4, 0.5) is 0 Å². The molecule has 0 amide bonds. The van der Waals surface area contributed by atoms with Gasteiger partial charge < -0.3 is 14.6 Å². The van der Waals surface area contributed by atoms with Gasteiger partial charge in [-0.2, -0.15) is 0 Å². The van der Waals surface area contributed by atoms with E-state index >= 15 is 0 Å². The second-order valence-electron chi connectivity index (χ2n) is 3.54. The fraction of sp³-hybridized carbons (Fsp3) is 0.750. The first kappa shape index (κ1) is 11.9. The summed E-state index contributed by atoms with van der Waals surface area (Å²) < 4.78 is 8.75. The molecule has 0 aliphatic carbocycles. The van der Waals surface area contributed by atoms with Gasteiger partial charge in [-0.05, 0) is 20.8 Å². The third-order valence-corrected chi connectivity index (χ3v) is 1.16. The van der Waals surface area contributed by atoms with Crippen LogP contribution < -0.4 is 0 Å². The summed E-state index contributed by atoms with van der Waals surface area (Å²) in [5, 5.41) is 8.99. The average molecular weight is 190 g/mol. The van der Waals surface area contributed by atoms with Crippen molar-refractivity contribution >= 4 is 12.4 Å². The minimum absolute atomic E-state index is 0.175. The van der Waals surface area contributed by atoms with Crippen LogP contribution in [0.1, 0.15) is 20.8 Å². The monoisotopic (exact) mass is 190 g/mol. The first-order valence-electron chi connectivity index (χ1n) is 3.82. The van der Waals surface area contributed by atoms with Gasteiger partial charge >= 0.3 is 5.97 Å². The van der Waals surface area contributed by atoms with Gasteiger partial charge in [0, 0.05) is 0 Å². The van der Waals surface area contributed by atoms with Crippen molar-refractivity contribution in [3.05, 3.63) is 0 Å². The number of carbonyl (C=O) groups is 2. The van der Waals surface area contributed by atoms with E-state index in [-0.39, 0.29) is 13.1 Å². The molecule has 0 saturated heterocycles. The summed E-state index contributed by atoms with van der Waals surface area (Å²) in [7, 11) is 0. The third-order valence-electron chi connectivity index (χ3n) is 1.16. The molecule has 5 heteroatoms. The molecule has 0 bridgehead atoms. The molecule has 0 heterocycles. The zero-order valence-electron chi connectivity index (χ0n) is 7.94. The minimum atomic E-state index is -1.39. The topological polar surface area (TPSA) is 72.8 Å². The molecule has 76 valence electrons. The predicted molar refractivity (Wildman–Crippen MR) is 43.6 cm³/mol. The SMILES string of the molecule is CC(C)(C)C(=O)OC(O)COC=O. The average Bonchev–Trinajstić information content (AvgIpc) is 1.99. The van der Waals surface area contributed by atoms with Gasteiger partial charge in [-0.15, -0.1) is 0 Å². The number of rotatable bonds is 4. The van der Waals surface area contributed by atoms with Crippen LogP contribution in [0, 0.1) is 5.41 Å². The molecule has 1 N–H and O–H groups in total. The molecule has 0 spiro atoms. The Hall–Kier alpha value is -1.10. The minimum Gasteiger partial charge on any atom is -0.461 e. The molecule has 0 radical (unpaired) electrons. The first-order valence-corrected chi connectivity index (χ1v) is 3.82. The van der Waals surface area contributed by atoms with Crippen molar-refractivity contribution in [1.82, 2.24) is 0 Å². The molecule has 1 atom stereocenters. The molecule has 0 aliphatic heterocycles. The van der Waals surface area contributed by atoms with Gasteiger partial charge in [-0.1, -0.05) is 0 Å². The molecule has 1 unspecified atom stereocenters. The standard InChI is InChI=1S/C8H14O5/c1-8(2,3)7(11)13-6(10)4-12-5-9/h5-6,10H,4H2,1-3H3. The summed E-state index contributed by atoms with van der Waals surface area (Å²) in [4.78, 5) is 20.8. The molecule has 0 aromatic carbocycles. The number of hydrogen-bond donors (Lipinski definition) is 1. The molecular formula is C8H14O5. The Morgan fingerprint density at radius 3 is 2.46 bits per heavy atom. The quantitative estimate of drug-likeness (QED) is 0.385. The van der Waals surface area contributed by atoms with Crippen LogP contribution in [0.2, 0.25) is 0 Å². The van der Waals surface area contributed by atoms with Crippen molar-refractivity contribution in [3.63, 3.8) is 0 Å². The Balaban J connectivity index is 3.85. The molecule has 0 saturated carbocycles. The fourth-order valence-electron chi connectivity index (χ4n) is 0.456. The highest BCUT2D eigenvalue weighted by atomic mass is 16.7. The Bertz CT molecular complexity index is 181. The van der Waals surface area contributed by atoms with Crippen molar-refractivity contribution in [3.8, 4) is 0 Å². The van der Waals surface area contributed by atoms with Crippen molar-refractivity contribution in [2.75, 3.05) is 6.61 Å². The summed E-state index contributed by atoms with van der Waals surface area (Å²) in [5.41, 5.74) is -0.678. The van der Waals surface area contributed by atoms with Gasteiger partial charge in [0.2, 0.25) is 6.29 Å². The Kier molecular flexibility index (Phi) is 4.40. The van der Waals surface area contributed by atoms with E-state index in [1.165, 1.54) is 0 Å². The number of carbonyl (C=O) groups excluding carboxylic acids is 2. The predicted octanol–water partition coefficient (Wildman–Crippen LogP) is 0.0671. The van der Waals surface area contributed by atoms with E-state index in [0.29, 0.717) is 0 Å². The lowest BCUT2D eigenvalue weighted by atomic mass is 9.97. The van der Waals surface area contributed by atoms with Crippen molar-refractivity contribution in [1.29, 1.82) is 0 Å². The van der Waals surface area contributed by atoms with E-state index in [1.54, 1.807) is 20.8 Å². The number of esters is 1. The summed E-state index contributed by atoms with van der Waals surface area (Å²) >= 11 is 0. The summed E-state index contributed by atoms with van der Waals surface area (Å²) in [6.07, 6.45) is -1.39. The molecule has 5 nitrogen and oxygen atoms in total. The second kappa shape index (κ2) is 4.81. The van der Waals surface area contributed by atoms with Gasteiger partial charge in [-0.3, -0.25) is 9.59 Å². The van der Waals surface area contributed by atoms with E-state index in [2.05, 4.69) is 9.47 Å². The molecule has 0 aliphatic rings. The van der Waals surface area contributed by atoms with Crippen LogP contribution >= 0.6 is 0 Å². The van der Waals surface area contributed by atoms with Crippen LogP contribution in [0.15, 0.2) is 0 Å². The van der Waals surface area contributed by atoms with Gasteiger partial charge in [0.1, 0.15) is 0 Å². The number of aliphatic hydroxyl groups is 1. The summed E-state index contributed by atoms with van der Waals surface area (Å²) in [5.74, 6) is -0.547. The highest BCUT2D eigenvalue weighted by Crippen LogP contribution is 2.15. The second-order valence-corrected chi connectivity index (χ2v) is 3.54. The maximum absolute atomic E-state index is 11.1. The Morgan fingerprint density at radius 1 is 1.54 bits per heavy atom. The van der Waals surface area contributed by atoms with Crippen molar-refractivity contribution in [2.45, 2.75) is 27.1 Å². The van der Waals surface area contributed by atoms with Gasteiger partial charge in [0.15, 0.2) is 6.61 Å². The van der Waals surface area contributed by atoms with Crippen molar-refractivity contribution < 1.29 is 24.2 Å². The lowest BCUT2D eigenvalue weighted by Crippen LogP contribution is -2.30. The maximum Gasteiger partial charge on any atom is 0.313 e. The van der Waals surface area contributed by atoms with E-state index in [0.717, 1.165) is 0 Å². The van der Waals surface area contributed by atoms with E-state index in [4.69, 9.17) is 5.11 Å². The maximum atomic E-state index is 11.1. The lowest BCUT2D eigenvalue weighted by molar-refractivity contribution is -0.186. The highest BCUT2D eigenvalue weighted by Gasteiger charge is 2.25. The van der Waals surface area contributed by atoms with E-state index < -0.39 is 17.7 Å². The van der Waals surface area contributed by atoms with E-state index in [1.807, 2.05) is 0 Å². The normalized spacial score (nSPS) is 13.2. The Labute approximate surface area is 76.6 Å². The largest absolute Gasteiger partial charge is 0.461 e. The number of aliphatic hydroxyl groups excluding tert-OH is 1. The first-order chi connectivity index (χ1) is 5.88. The molecule has 0 fully saturated rings. The zero-order valence-corrected chi connectivity index (χ0v) is 7.94. The molecule has 13 heavy (non-hydrogen) atoms. The molecular weight excluding hydrogens is 176 g/mol. The number of ether oxygens (including phenoxy) is 2. The van der Waals surface area contributed by atoms with E-state index in [9.17, 15) is 9.59 Å². The van der Waals surface area contributed by atoms with Crippen LogP contribution in [0.3, 0.4) is 0 Å². The Morgan fingerprint density at radius 2 is 2.08 bits per heavy atom. The van der Waals surface area contributed by atoms with Crippen LogP contribution in [-0.2, 0) is 19.1 Å². The zero-order chi connectivity index (χ0) is 10.5. The smallest absolute Gasteiger partial charge is 0.313 e. The van der Waals surface area contributed by atoms with Crippen molar-refractivity contribution in [2.24, 2.45) is 5.41 Å². The third kappa shape index (κ3) is 5.19.